The van der Waals surface area contributed by atoms with Crippen LogP contribution in [0, 0.1) is 0 Å². The molecule has 7 heteroatoms. The molecule has 0 saturated heterocycles. The Bertz CT molecular complexity index is 893. The monoisotopic (exact) mass is 270 g/mol. The molecule has 0 aliphatic carbocycles. The number of imidazole rings is 1. The van der Waals surface area contributed by atoms with E-state index in [1.807, 2.05) is 24.3 Å². The van der Waals surface area contributed by atoms with Gasteiger partial charge in [-0.3, -0.25) is 0 Å². The third-order valence-electron chi connectivity index (χ3n) is 2.91. The molecule has 3 heterocycles. The Morgan fingerprint density at radius 3 is 3.00 bits per heavy atom. The molecular formula is C12H7ClN6. The Hall–Kier alpha value is -2.47. The number of halogens is 1. The summed E-state index contributed by atoms with van der Waals surface area (Å²) in [6, 6.07) is 7.87. The molecule has 0 unspecified atom stereocenters. The molecule has 0 aliphatic heterocycles. The lowest BCUT2D eigenvalue weighted by Gasteiger charge is -2.03. The zero-order valence-electron chi connectivity index (χ0n) is 9.58. The Labute approximate surface area is 112 Å². The summed E-state index contributed by atoms with van der Waals surface area (Å²) in [4.78, 5) is 15.5. The number of benzene rings is 1. The first kappa shape index (κ1) is 10.5. The van der Waals surface area contributed by atoms with Crippen molar-refractivity contribution in [2.45, 2.75) is 0 Å². The molecule has 0 amide bonds. The van der Waals surface area contributed by atoms with Crippen molar-refractivity contribution in [1.82, 2.24) is 29.7 Å². The maximum absolute atomic E-state index is 5.94. The first-order chi connectivity index (χ1) is 9.33. The van der Waals surface area contributed by atoms with Crippen LogP contribution in [-0.2, 0) is 0 Å². The molecular weight excluding hydrogens is 264 g/mol. The Balaban J connectivity index is 2.11. The quantitative estimate of drug-likeness (QED) is 0.539. The van der Waals surface area contributed by atoms with E-state index in [0.717, 1.165) is 10.9 Å². The highest BCUT2D eigenvalue weighted by atomic mass is 35.5. The van der Waals surface area contributed by atoms with E-state index in [9.17, 15) is 0 Å². The van der Waals surface area contributed by atoms with E-state index in [1.54, 1.807) is 17.2 Å². The maximum atomic E-state index is 5.94. The molecule has 92 valence electrons. The first-order valence-electron chi connectivity index (χ1n) is 5.63. The van der Waals surface area contributed by atoms with Gasteiger partial charge in [-0.2, -0.15) is 15.1 Å². The van der Waals surface area contributed by atoms with Gasteiger partial charge < -0.3 is 4.98 Å². The van der Waals surface area contributed by atoms with Crippen molar-refractivity contribution < 1.29 is 0 Å². The van der Waals surface area contributed by atoms with Crippen molar-refractivity contribution in [3.8, 4) is 5.82 Å². The Morgan fingerprint density at radius 2 is 2.05 bits per heavy atom. The van der Waals surface area contributed by atoms with Crippen LogP contribution in [0.25, 0.3) is 27.9 Å². The third kappa shape index (κ3) is 1.50. The Kier molecular flexibility index (Phi) is 2.07. The maximum Gasteiger partial charge on any atom is 0.226 e. The summed E-state index contributed by atoms with van der Waals surface area (Å²) in [7, 11) is 0. The van der Waals surface area contributed by atoms with Crippen molar-refractivity contribution in [2.75, 3.05) is 0 Å². The van der Waals surface area contributed by atoms with Crippen molar-refractivity contribution in [3.63, 3.8) is 0 Å². The molecule has 0 spiro atoms. The molecule has 4 rings (SSSR count). The number of H-pyrrole nitrogens is 1. The molecule has 0 saturated carbocycles. The average molecular weight is 271 g/mol. The molecule has 19 heavy (non-hydrogen) atoms. The minimum Gasteiger partial charge on any atom is -0.329 e. The predicted molar refractivity (Wildman–Crippen MR) is 71.3 cm³/mol. The molecule has 3 aromatic heterocycles. The fourth-order valence-electron chi connectivity index (χ4n) is 2.08. The number of aromatic nitrogens is 6. The van der Waals surface area contributed by atoms with Gasteiger partial charge in [-0.1, -0.05) is 18.2 Å². The molecule has 6 nitrogen and oxygen atoms in total. The SMILES string of the molecule is Clc1nc(-n2ncc3ccccc32)c2nc[nH]c2n1. The number of aromatic amines is 1. The molecule has 1 N–H and O–H groups in total. The van der Waals surface area contributed by atoms with Crippen molar-refractivity contribution >= 4 is 33.7 Å². The largest absolute Gasteiger partial charge is 0.329 e. The van der Waals surface area contributed by atoms with Crippen LogP contribution in [0.3, 0.4) is 0 Å². The van der Waals surface area contributed by atoms with Crippen LogP contribution >= 0.6 is 11.6 Å². The van der Waals surface area contributed by atoms with E-state index in [0.29, 0.717) is 17.0 Å². The van der Waals surface area contributed by atoms with Gasteiger partial charge in [-0.25, -0.2) is 9.67 Å². The minimum absolute atomic E-state index is 0.159. The lowest BCUT2D eigenvalue weighted by Crippen LogP contribution is -2.02. The van der Waals surface area contributed by atoms with E-state index in [2.05, 4.69) is 25.0 Å². The molecule has 0 atom stereocenters. The third-order valence-corrected chi connectivity index (χ3v) is 3.08. The number of fused-ring (bicyclic) bond motifs is 2. The summed E-state index contributed by atoms with van der Waals surface area (Å²) < 4.78 is 1.71. The van der Waals surface area contributed by atoms with Gasteiger partial charge in [0.1, 0.15) is 0 Å². The zero-order valence-corrected chi connectivity index (χ0v) is 10.3. The molecule has 0 radical (unpaired) electrons. The van der Waals surface area contributed by atoms with E-state index < -0.39 is 0 Å². The number of rotatable bonds is 1. The van der Waals surface area contributed by atoms with Crippen LogP contribution in [0.15, 0.2) is 36.8 Å². The molecule has 4 aromatic rings. The zero-order chi connectivity index (χ0) is 12.8. The van der Waals surface area contributed by atoms with Crippen LogP contribution < -0.4 is 0 Å². The summed E-state index contributed by atoms with van der Waals surface area (Å²) >= 11 is 5.94. The van der Waals surface area contributed by atoms with E-state index in [1.165, 1.54) is 0 Å². The molecule has 0 aliphatic rings. The second kappa shape index (κ2) is 3.76. The molecule has 0 fully saturated rings. The number of nitrogens with zero attached hydrogens (tertiary/aromatic N) is 5. The van der Waals surface area contributed by atoms with Gasteiger partial charge in [0.25, 0.3) is 0 Å². The number of hydrogen-bond acceptors (Lipinski definition) is 4. The van der Waals surface area contributed by atoms with Gasteiger partial charge in [-0.15, -0.1) is 0 Å². The highest BCUT2D eigenvalue weighted by Crippen LogP contribution is 2.22. The highest BCUT2D eigenvalue weighted by Gasteiger charge is 2.13. The Morgan fingerprint density at radius 1 is 1.16 bits per heavy atom. The van der Waals surface area contributed by atoms with Crippen molar-refractivity contribution in [2.24, 2.45) is 0 Å². The fraction of sp³-hybridized carbons (Fsp3) is 0. The smallest absolute Gasteiger partial charge is 0.226 e. The minimum atomic E-state index is 0.159. The highest BCUT2D eigenvalue weighted by molar-refractivity contribution is 6.28. The molecule has 0 bridgehead atoms. The van der Waals surface area contributed by atoms with Crippen molar-refractivity contribution in [3.05, 3.63) is 42.1 Å². The summed E-state index contributed by atoms with van der Waals surface area (Å²) in [5, 5.41) is 5.54. The standard InChI is InChI=1S/C12H7ClN6/c13-12-17-10-9(14-6-15-10)11(18-12)19-8-4-2-1-3-7(8)5-16-19/h1-6H,(H,14,15,17,18). The van der Waals surface area contributed by atoms with Crippen LogP contribution in [0.4, 0.5) is 0 Å². The molecule has 1 aromatic carbocycles. The second-order valence-corrected chi connectivity index (χ2v) is 4.37. The summed E-state index contributed by atoms with van der Waals surface area (Å²) in [5.74, 6) is 0.567. The van der Waals surface area contributed by atoms with Gasteiger partial charge in [0.15, 0.2) is 17.0 Å². The van der Waals surface area contributed by atoms with E-state index >= 15 is 0 Å². The van der Waals surface area contributed by atoms with Crippen LogP contribution in [0.1, 0.15) is 0 Å². The van der Waals surface area contributed by atoms with Gasteiger partial charge in [0.2, 0.25) is 5.28 Å². The van der Waals surface area contributed by atoms with Gasteiger partial charge in [0.05, 0.1) is 18.0 Å². The summed E-state index contributed by atoms with van der Waals surface area (Å²) in [6.45, 7) is 0. The second-order valence-electron chi connectivity index (χ2n) is 4.03. The first-order valence-corrected chi connectivity index (χ1v) is 6.00. The lowest BCUT2D eigenvalue weighted by atomic mass is 10.2. The number of para-hydroxylation sites is 1. The summed E-state index contributed by atoms with van der Waals surface area (Å²) in [6.07, 6.45) is 3.34. The number of hydrogen-bond donors (Lipinski definition) is 1. The van der Waals surface area contributed by atoms with Crippen LogP contribution in [0.5, 0.6) is 0 Å². The number of nitrogens with one attached hydrogen (secondary N) is 1. The summed E-state index contributed by atoms with van der Waals surface area (Å²) in [5.41, 5.74) is 2.18. The van der Waals surface area contributed by atoms with E-state index in [4.69, 9.17) is 11.6 Å². The van der Waals surface area contributed by atoms with Crippen molar-refractivity contribution in [1.29, 1.82) is 0 Å². The predicted octanol–water partition coefficient (Wildman–Crippen LogP) is 2.35. The normalized spacial score (nSPS) is 11.4. The van der Waals surface area contributed by atoms with Gasteiger partial charge >= 0.3 is 0 Å². The van der Waals surface area contributed by atoms with Crippen LogP contribution in [-0.4, -0.2) is 29.7 Å². The van der Waals surface area contributed by atoms with Gasteiger partial charge in [0, 0.05) is 5.39 Å². The fourth-order valence-corrected chi connectivity index (χ4v) is 2.25. The van der Waals surface area contributed by atoms with Crippen LogP contribution in [0.2, 0.25) is 5.28 Å². The topological polar surface area (TPSA) is 72.3 Å². The van der Waals surface area contributed by atoms with E-state index in [-0.39, 0.29) is 5.28 Å². The average Bonchev–Trinajstić information content (AvgIpc) is 3.03. The van der Waals surface area contributed by atoms with Gasteiger partial charge in [-0.05, 0) is 17.7 Å². The lowest BCUT2D eigenvalue weighted by molar-refractivity contribution is 0.875.